The van der Waals surface area contributed by atoms with Crippen molar-refractivity contribution in [2.45, 2.75) is 115 Å². The van der Waals surface area contributed by atoms with Gasteiger partial charge in [0, 0.05) is 79.9 Å². The van der Waals surface area contributed by atoms with Crippen molar-refractivity contribution in [3.8, 4) is 0 Å². The third-order valence-corrected chi connectivity index (χ3v) is 11.1. The molecule has 0 fully saturated rings. The number of carboxylic acids is 4. The third kappa shape index (κ3) is 18.4. The van der Waals surface area contributed by atoms with Crippen molar-refractivity contribution in [1.82, 2.24) is 20.9 Å². The highest BCUT2D eigenvalue weighted by Crippen LogP contribution is 2.24. The Bertz CT molecular complexity index is 2190. The Morgan fingerprint density at radius 1 is 0.561 bits per heavy atom. The lowest BCUT2D eigenvalue weighted by Crippen LogP contribution is -2.49. The number of ketones is 3. The summed E-state index contributed by atoms with van der Waals surface area (Å²) in [6.45, 7) is 0.727. The highest BCUT2D eigenvalue weighted by molar-refractivity contribution is 5.97. The predicted octanol–water partition coefficient (Wildman–Crippen LogP) is 1.93. The molecule has 3 aromatic rings. The molecule has 0 aliphatic carbocycles. The zero-order chi connectivity index (χ0) is 48.9. The van der Waals surface area contributed by atoms with E-state index in [4.69, 9.17) is 15.9 Å². The Morgan fingerprint density at radius 3 is 1.56 bits per heavy atom. The lowest BCUT2D eigenvalue weighted by molar-refractivity contribution is -0.139. The van der Waals surface area contributed by atoms with Crippen LogP contribution in [0, 0.1) is 17.8 Å². The van der Waals surface area contributed by atoms with Gasteiger partial charge in [-0.2, -0.15) is 0 Å². The Kier molecular flexibility index (Phi) is 21.8. The van der Waals surface area contributed by atoms with Crippen LogP contribution in [-0.2, 0) is 60.8 Å². The van der Waals surface area contributed by atoms with E-state index in [-0.39, 0.29) is 32.1 Å². The molecule has 0 unspecified atom stereocenters. The third-order valence-electron chi connectivity index (χ3n) is 11.1. The molecule has 7 atom stereocenters. The van der Waals surface area contributed by atoms with Crippen molar-refractivity contribution < 1.29 is 73.5 Å². The zero-order valence-electron chi connectivity index (χ0n) is 36.6. The zero-order valence-corrected chi connectivity index (χ0v) is 36.6. The first-order valence-corrected chi connectivity index (χ1v) is 21.6. The minimum Gasteiger partial charge on any atom is -0.481 e. The molecule has 3 rings (SSSR count). The predicted molar refractivity (Wildman–Crippen MR) is 235 cm³/mol. The van der Waals surface area contributed by atoms with E-state index >= 15 is 0 Å². The van der Waals surface area contributed by atoms with Crippen LogP contribution in [0.3, 0.4) is 0 Å². The Hall–Kier alpha value is -6.80. The number of hydrogen-bond donors (Lipinski definition) is 10. The number of Topliss-reactive ketones (excluding diaryl/α,β-unsaturated/α-hetero) is 3. The topological polar surface area (TPSA) is 350 Å². The molecule has 0 saturated carbocycles. The van der Waals surface area contributed by atoms with Gasteiger partial charge in [-0.3, -0.25) is 47.9 Å². The number of benzene rings is 2. The van der Waals surface area contributed by atoms with Crippen LogP contribution in [0.15, 0.2) is 60.8 Å². The number of H-pyrrole nitrogens is 1. The summed E-state index contributed by atoms with van der Waals surface area (Å²) in [5, 5.41) is 55.7. The van der Waals surface area contributed by atoms with E-state index in [1.807, 2.05) is 18.2 Å². The number of carbonyl (C=O) groups excluding carboxylic acids is 6. The van der Waals surface area contributed by atoms with Gasteiger partial charge in [-0.05, 0) is 62.6 Å². The number of amides is 3. The number of aromatic amines is 1. The molecule has 0 aliphatic heterocycles. The van der Waals surface area contributed by atoms with Crippen LogP contribution in [0.4, 0.5) is 0 Å². The lowest BCUT2D eigenvalue weighted by Gasteiger charge is -2.26. The molecule has 3 amide bonds. The van der Waals surface area contributed by atoms with Crippen molar-refractivity contribution in [1.29, 1.82) is 0 Å². The molecule has 11 N–H and O–H groups in total. The smallest absolute Gasteiger partial charge is 0.303 e. The van der Waals surface area contributed by atoms with Gasteiger partial charge in [-0.25, -0.2) is 0 Å². The molecule has 1 aromatic heterocycles. The molecular weight excluding hydrogens is 863 g/mol. The van der Waals surface area contributed by atoms with E-state index in [0.29, 0.717) is 11.1 Å². The average Bonchev–Trinajstić information content (AvgIpc) is 3.68. The van der Waals surface area contributed by atoms with Crippen LogP contribution >= 0.6 is 0 Å². The van der Waals surface area contributed by atoms with Crippen LogP contribution in [0.5, 0.6) is 0 Å². The number of para-hydroxylation sites is 1. The fraction of sp³-hybridized carbons (Fsp3) is 0.478. The van der Waals surface area contributed by atoms with E-state index < -0.39 is 159 Å². The monoisotopic (exact) mass is 921 g/mol. The minimum absolute atomic E-state index is 0.0320. The summed E-state index contributed by atoms with van der Waals surface area (Å²) in [4.78, 5) is 131. The molecule has 0 spiro atoms. The van der Waals surface area contributed by atoms with Crippen LogP contribution < -0.4 is 21.7 Å². The highest BCUT2D eigenvalue weighted by Gasteiger charge is 2.34. The summed E-state index contributed by atoms with van der Waals surface area (Å²) in [5.74, 6) is -13.4. The largest absolute Gasteiger partial charge is 0.481 e. The van der Waals surface area contributed by atoms with Gasteiger partial charge >= 0.3 is 23.9 Å². The number of fused-ring (bicyclic) bond motifs is 1. The number of carboxylic acid groups (broad SMARTS) is 4. The highest BCUT2D eigenvalue weighted by atomic mass is 16.4. The maximum atomic E-state index is 14.3. The molecule has 0 aliphatic rings. The van der Waals surface area contributed by atoms with Crippen molar-refractivity contribution >= 4 is 69.9 Å². The second kappa shape index (κ2) is 26.9. The van der Waals surface area contributed by atoms with Crippen molar-refractivity contribution in [2.75, 3.05) is 6.61 Å². The number of carbonyl (C=O) groups is 10. The van der Waals surface area contributed by atoms with Crippen LogP contribution in [0.1, 0.15) is 88.7 Å². The van der Waals surface area contributed by atoms with E-state index in [1.54, 1.807) is 49.5 Å². The Morgan fingerprint density at radius 2 is 1.02 bits per heavy atom. The van der Waals surface area contributed by atoms with E-state index in [9.17, 15) is 63.3 Å². The SMILES string of the molecule is C[C@H](CCC(=O)O)NC(=O)[C@@H](CC(=O)[C@H](CCC(=O)O)NC(=O)[C@@H](CC(=O)[C@H](CCC(=O)O)NC(=O)[C@H](CO)CC(=O)[C@@H](N)CCC(=O)O)Cc1ccccc1)Cc1c[nH]c2ccccc12. The molecule has 66 heavy (non-hydrogen) atoms. The number of rotatable bonds is 32. The Labute approximate surface area is 380 Å². The quantitative estimate of drug-likeness (QED) is 0.0428. The van der Waals surface area contributed by atoms with Gasteiger partial charge in [0.05, 0.1) is 30.7 Å². The summed E-state index contributed by atoms with van der Waals surface area (Å²) in [6.07, 6.45) is -2.98. The summed E-state index contributed by atoms with van der Waals surface area (Å²) in [6, 6.07) is 10.8. The van der Waals surface area contributed by atoms with E-state index in [0.717, 1.165) is 10.9 Å². The average molecular weight is 922 g/mol. The minimum atomic E-state index is -1.55. The summed E-state index contributed by atoms with van der Waals surface area (Å²) >= 11 is 0. The molecule has 1 heterocycles. The second-order valence-electron chi connectivity index (χ2n) is 16.4. The van der Waals surface area contributed by atoms with Gasteiger partial charge in [0.2, 0.25) is 17.7 Å². The van der Waals surface area contributed by atoms with Crippen molar-refractivity contribution in [2.24, 2.45) is 23.5 Å². The van der Waals surface area contributed by atoms with Gasteiger partial charge in [0.25, 0.3) is 0 Å². The molecule has 0 radical (unpaired) electrons. The summed E-state index contributed by atoms with van der Waals surface area (Å²) in [7, 11) is 0. The molecule has 20 nitrogen and oxygen atoms in total. The van der Waals surface area contributed by atoms with Gasteiger partial charge in [-0.1, -0.05) is 48.5 Å². The number of aliphatic carboxylic acids is 4. The maximum Gasteiger partial charge on any atom is 0.303 e. The molecule has 0 bridgehead atoms. The number of aromatic nitrogens is 1. The maximum absolute atomic E-state index is 14.3. The van der Waals surface area contributed by atoms with E-state index in [2.05, 4.69) is 20.9 Å². The molecule has 20 heteroatoms. The van der Waals surface area contributed by atoms with Crippen LogP contribution in [0.2, 0.25) is 0 Å². The molecular formula is C46H59N5O15. The van der Waals surface area contributed by atoms with Gasteiger partial charge in [0.15, 0.2) is 11.6 Å². The number of aliphatic hydroxyl groups is 1. The first-order valence-electron chi connectivity index (χ1n) is 21.6. The molecule has 2 aromatic carbocycles. The first-order chi connectivity index (χ1) is 31.3. The summed E-state index contributed by atoms with van der Waals surface area (Å²) in [5.41, 5.74) is 7.80. The molecule has 358 valence electrons. The lowest BCUT2D eigenvalue weighted by atomic mass is 9.88. The second-order valence-corrected chi connectivity index (χ2v) is 16.4. The number of hydrogen-bond acceptors (Lipinski definition) is 12. The summed E-state index contributed by atoms with van der Waals surface area (Å²) < 4.78 is 0. The number of nitrogens with one attached hydrogen (secondary N) is 4. The Balaban J connectivity index is 1.92. The van der Waals surface area contributed by atoms with Gasteiger partial charge in [0.1, 0.15) is 5.78 Å². The van der Waals surface area contributed by atoms with Crippen LogP contribution in [-0.4, -0.2) is 120 Å². The number of aliphatic hydroxyl groups excluding tert-OH is 1. The fourth-order valence-corrected chi connectivity index (χ4v) is 7.34. The van der Waals surface area contributed by atoms with Gasteiger partial charge in [-0.15, -0.1) is 0 Å². The standard InChI is InChI=1S/C46H59N5O15/c1-26(11-15-40(56)57)49-44(64)29(20-30-24-48-34-10-6-5-9-32(30)34)22-39(55)35(13-17-42(60)61)50-45(65)28(19-27-7-3-2-4-8-27)21-38(54)36(14-18-43(62)63)51-46(66)31(25-52)23-37(53)33(47)12-16-41(58)59/h2-10,24,26,28-29,31,33,35-36,48,52H,11-23,25,47H2,1H3,(H,49,64)(H,50,65)(H,51,66)(H,56,57)(H,58,59)(H,60,61)(H,62,63)/t26-,28-,29-,31+,33+,35+,36+/m1/s1. The van der Waals surface area contributed by atoms with Crippen molar-refractivity contribution in [3.63, 3.8) is 0 Å². The van der Waals surface area contributed by atoms with Gasteiger partial charge < -0.3 is 52.2 Å². The first kappa shape index (κ1) is 53.5. The normalized spacial score (nSPS) is 14.3. The van der Waals surface area contributed by atoms with Crippen LogP contribution in [0.25, 0.3) is 10.9 Å². The van der Waals surface area contributed by atoms with E-state index in [1.165, 1.54) is 0 Å². The fourth-order valence-electron chi connectivity index (χ4n) is 7.34. The number of nitrogens with two attached hydrogens (primary N) is 1. The molecule has 0 saturated heterocycles. The van der Waals surface area contributed by atoms with Crippen molar-refractivity contribution in [3.05, 3.63) is 71.9 Å².